The Morgan fingerprint density at radius 1 is 1.29 bits per heavy atom. The highest BCUT2D eigenvalue weighted by Gasteiger charge is 2.41. The predicted molar refractivity (Wildman–Crippen MR) is 66.7 cm³/mol. The average molecular weight is 299 g/mol. The minimum Gasteiger partial charge on any atom is -0.274 e. The van der Waals surface area contributed by atoms with Crippen LogP contribution in [0, 0.1) is 24.5 Å². The monoisotopic (exact) mass is 299 g/mol. The molecule has 1 aliphatic heterocycles. The predicted octanol–water partition coefficient (Wildman–Crippen LogP) is 1.81. The fraction of sp³-hybridized carbons (Fsp3) is 0.429. The summed E-state index contributed by atoms with van der Waals surface area (Å²) in [6, 6.07) is 2.57. The molecule has 0 spiro atoms. The van der Waals surface area contributed by atoms with Crippen LogP contribution in [0.15, 0.2) is 12.1 Å². The molecule has 1 heterocycles. The summed E-state index contributed by atoms with van der Waals surface area (Å²) in [5.74, 6) is -2.46. The van der Waals surface area contributed by atoms with Gasteiger partial charge in [-0.15, -0.1) is 0 Å². The SMILES string of the molecule is CON1C[C@@H](c2c(F)cc(C)cc2F)[C@H](C)C1=O.O=C=O. The third-order valence-corrected chi connectivity index (χ3v) is 3.42. The van der Waals surface area contributed by atoms with Crippen molar-refractivity contribution in [1.82, 2.24) is 5.06 Å². The number of halogens is 2. The van der Waals surface area contributed by atoms with E-state index in [0.717, 1.165) is 5.06 Å². The molecule has 0 N–H and O–H groups in total. The molecular formula is C14H15F2NO4. The number of aryl methyl sites for hydroxylation is 1. The molecule has 1 aliphatic rings. The van der Waals surface area contributed by atoms with Crippen LogP contribution >= 0.6 is 0 Å². The van der Waals surface area contributed by atoms with Crippen LogP contribution in [-0.4, -0.2) is 30.8 Å². The van der Waals surface area contributed by atoms with E-state index in [4.69, 9.17) is 14.4 Å². The number of benzene rings is 1. The second kappa shape index (κ2) is 7.06. The van der Waals surface area contributed by atoms with Gasteiger partial charge < -0.3 is 0 Å². The molecule has 21 heavy (non-hydrogen) atoms. The molecule has 1 aromatic rings. The third kappa shape index (κ3) is 3.51. The van der Waals surface area contributed by atoms with Gasteiger partial charge in [-0.25, -0.2) is 13.8 Å². The number of amides is 1. The van der Waals surface area contributed by atoms with Crippen molar-refractivity contribution in [1.29, 1.82) is 0 Å². The van der Waals surface area contributed by atoms with E-state index < -0.39 is 23.5 Å². The van der Waals surface area contributed by atoms with Gasteiger partial charge in [0.25, 0.3) is 0 Å². The summed E-state index contributed by atoms with van der Waals surface area (Å²) in [4.78, 5) is 32.9. The molecule has 2 rings (SSSR count). The van der Waals surface area contributed by atoms with Crippen molar-refractivity contribution in [3.05, 3.63) is 34.9 Å². The lowest BCUT2D eigenvalue weighted by Crippen LogP contribution is -2.25. The Labute approximate surface area is 120 Å². The molecule has 114 valence electrons. The van der Waals surface area contributed by atoms with Gasteiger partial charge in [0.05, 0.1) is 13.7 Å². The minimum absolute atomic E-state index is 0.0269. The zero-order chi connectivity index (χ0) is 16.2. The summed E-state index contributed by atoms with van der Waals surface area (Å²) < 4.78 is 27.8. The molecule has 1 amide bonds. The van der Waals surface area contributed by atoms with Gasteiger partial charge in [-0.2, -0.15) is 9.59 Å². The summed E-state index contributed by atoms with van der Waals surface area (Å²) in [6.07, 6.45) is 0.250. The summed E-state index contributed by atoms with van der Waals surface area (Å²) in [5.41, 5.74) is 0.496. The van der Waals surface area contributed by atoms with E-state index in [1.807, 2.05) is 0 Å². The Bertz CT molecular complexity index is 547. The van der Waals surface area contributed by atoms with Crippen LogP contribution in [0.1, 0.15) is 24.0 Å². The Kier molecular flexibility index (Phi) is 5.69. The first kappa shape index (κ1) is 16.9. The van der Waals surface area contributed by atoms with Crippen LogP contribution in [0.25, 0.3) is 0 Å². The van der Waals surface area contributed by atoms with Gasteiger partial charge in [0.1, 0.15) is 11.6 Å². The number of hydrogen-bond acceptors (Lipinski definition) is 4. The van der Waals surface area contributed by atoms with Crippen LogP contribution in [0.4, 0.5) is 8.78 Å². The van der Waals surface area contributed by atoms with Crippen LogP contribution in [0.3, 0.4) is 0 Å². The van der Waals surface area contributed by atoms with E-state index in [1.54, 1.807) is 13.8 Å². The van der Waals surface area contributed by atoms with E-state index in [2.05, 4.69) is 0 Å². The lowest BCUT2D eigenvalue weighted by atomic mass is 9.88. The Balaban J connectivity index is 0.000000677. The fourth-order valence-corrected chi connectivity index (χ4v) is 2.40. The van der Waals surface area contributed by atoms with Crippen molar-refractivity contribution in [3.8, 4) is 0 Å². The summed E-state index contributed by atoms with van der Waals surface area (Å²) in [5, 5.41) is 1.15. The number of rotatable bonds is 2. The number of carbonyl (C=O) groups is 1. The van der Waals surface area contributed by atoms with Crippen LogP contribution in [-0.2, 0) is 19.2 Å². The molecule has 1 saturated heterocycles. The largest absolute Gasteiger partial charge is 0.373 e. The normalized spacial score (nSPS) is 20.8. The molecule has 0 saturated carbocycles. The number of carbonyl (C=O) groups excluding carboxylic acids is 3. The summed E-state index contributed by atoms with van der Waals surface area (Å²) in [7, 11) is 1.37. The van der Waals surface area contributed by atoms with E-state index >= 15 is 0 Å². The van der Waals surface area contributed by atoms with Crippen LogP contribution in [0.2, 0.25) is 0 Å². The van der Waals surface area contributed by atoms with Gasteiger partial charge in [-0.05, 0) is 24.6 Å². The van der Waals surface area contributed by atoms with Gasteiger partial charge in [0.2, 0.25) is 5.91 Å². The maximum Gasteiger partial charge on any atom is 0.373 e. The van der Waals surface area contributed by atoms with E-state index in [9.17, 15) is 13.6 Å². The second-order valence-corrected chi connectivity index (χ2v) is 4.70. The van der Waals surface area contributed by atoms with Gasteiger partial charge in [-0.1, -0.05) is 6.92 Å². The van der Waals surface area contributed by atoms with Crippen molar-refractivity contribution >= 4 is 12.1 Å². The first-order chi connectivity index (χ1) is 9.87. The lowest BCUT2D eigenvalue weighted by molar-refractivity contribution is -0.191. The van der Waals surface area contributed by atoms with Gasteiger partial charge >= 0.3 is 6.15 Å². The maximum absolute atomic E-state index is 13.9. The van der Waals surface area contributed by atoms with Crippen molar-refractivity contribution in [2.75, 3.05) is 13.7 Å². The smallest absolute Gasteiger partial charge is 0.274 e. The highest BCUT2D eigenvalue weighted by Crippen LogP contribution is 2.36. The Morgan fingerprint density at radius 3 is 2.14 bits per heavy atom. The molecule has 0 bridgehead atoms. The van der Waals surface area contributed by atoms with Crippen molar-refractivity contribution in [2.24, 2.45) is 5.92 Å². The molecule has 0 unspecified atom stereocenters. The van der Waals surface area contributed by atoms with Gasteiger partial charge in [0, 0.05) is 17.4 Å². The first-order valence-electron chi connectivity index (χ1n) is 6.17. The van der Waals surface area contributed by atoms with Crippen molar-refractivity contribution in [2.45, 2.75) is 19.8 Å². The number of hydroxylamine groups is 2. The van der Waals surface area contributed by atoms with E-state index in [-0.39, 0.29) is 24.2 Å². The zero-order valence-electron chi connectivity index (χ0n) is 11.9. The summed E-state index contributed by atoms with van der Waals surface area (Å²) >= 11 is 0. The second-order valence-electron chi connectivity index (χ2n) is 4.70. The standard InChI is InChI=1S/C13H15F2NO2.CO2/c1-7-4-10(14)12(11(15)5-7)9-6-16(18-3)13(17)8(9)2;2-1-3/h4-5,8-9H,6H2,1-3H3;/t8-,9+;/m0./s1. The molecule has 1 aromatic carbocycles. The average Bonchev–Trinajstić information content (AvgIpc) is 2.67. The first-order valence-corrected chi connectivity index (χ1v) is 6.17. The maximum atomic E-state index is 13.9. The quantitative estimate of drug-likeness (QED) is 0.835. The molecular weight excluding hydrogens is 284 g/mol. The molecule has 1 fully saturated rings. The van der Waals surface area contributed by atoms with E-state index in [0.29, 0.717) is 5.56 Å². The highest BCUT2D eigenvalue weighted by atomic mass is 19.1. The topological polar surface area (TPSA) is 63.7 Å². The molecule has 7 heteroatoms. The summed E-state index contributed by atoms with van der Waals surface area (Å²) in [6.45, 7) is 3.46. The Hall–Kier alpha value is -2.11. The molecule has 0 radical (unpaired) electrons. The van der Waals surface area contributed by atoms with Crippen LogP contribution in [0.5, 0.6) is 0 Å². The van der Waals surface area contributed by atoms with Crippen molar-refractivity contribution < 1.29 is 28.0 Å². The molecule has 0 aromatic heterocycles. The van der Waals surface area contributed by atoms with Gasteiger partial charge in [-0.3, -0.25) is 9.63 Å². The minimum atomic E-state index is -0.602. The molecule has 2 atom stereocenters. The molecule has 0 aliphatic carbocycles. The van der Waals surface area contributed by atoms with E-state index in [1.165, 1.54) is 19.2 Å². The van der Waals surface area contributed by atoms with Crippen molar-refractivity contribution in [3.63, 3.8) is 0 Å². The fourth-order valence-electron chi connectivity index (χ4n) is 2.40. The highest BCUT2D eigenvalue weighted by molar-refractivity contribution is 5.81. The third-order valence-electron chi connectivity index (χ3n) is 3.42. The number of hydrogen-bond donors (Lipinski definition) is 0. The van der Waals surface area contributed by atoms with Crippen LogP contribution < -0.4 is 0 Å². The van der Waals surface area contributed by atoms with Gasteiger partial charge in [0.15, 0.2) is 0 Å². The zero-order valence-corrected chi connectivity index (χ0v) is 11.9. The number of nitrogens with zero attached hydrogens (tertiary/aromatic N) is 1. The lowest BCUT2D eigenvalue weighted by Gasteiger charge is -2.15. The molecule has 5 nitrogen and oxygen atoms in total. The Morgan fingerprint density at radius 2 is 1.76 bits per heavy atom.